The lowest BCUT2D eigenvalue weighted by Crippen LogP contribution is -2.05. The van der Waals surface area contributed by atoms with Gasteiger partial charge in [-0.25, -0.2) is 4.98 Å². The number of amides is 1. The van der Waals surface area contributed by atoms with Gasteiger partial charge in [-0.1, -0.05) is 19.3 Å². The average Bonchev–Trinajstić information content (AvgIpc) is 3.04. The van der Waals surface area contributed by atoms with Crippen LogP contribution in [0, 0.1) is 0 Å². The molecule has 5 heteroatoms. The zero-order valence-corrected chi connectivity index (χ0v) is 14.2. The number of anilines is 1. The van der Waals surface area contributed by atoms with Gasteiger partial charge in [-0.2, -0.15) is 0 Å². The Labute approximate surface area is 140 Å². The number of nitrogens with one attached hydrogen (secondary N) is 1. The molecule has 122 valence electrons. The highest BCUT2D eigenvalue weighted by molar-refractivity contribution is 7.09. The maximum Gasteiger partial charge on any atom is 0.221 e. The van der Waals surface area contributed by atoms with Crippen molar-refractivity contribution in [2.75, 3.05) is 5.32 Å². The van der Waals surface area contributed by atoms with Crippen molar-refractivity contribution in [2.45, 2.75) is 51.6 Å². The van der Waals surface area contributed by atoms with Crippen LogP contribution in [0.15, 0.2) is 29.6 Å². The molecule has 23 heavy (non-hydrogen) atoms. The molecular weight excluding hydrogens is 308 g/mol. The van der Waals surface area contributed by atoms with Crippen molar-refractivity contribution in [3.63, 3.8) is 0 Å². The minimum Gasteiger partial charge on any atom is -0.487 e. The molecule has 0 atom stereocenters. The average molecular weight is 330 g/mol. The summed E-state index contributed by atoms with van der Waals surface area (Å²) in [5, 5.41) is 6.11. The van der Waals surface area contributed by atoms with Gasteiger partial charge in [-0.3, -0.25) is 4.79 Å². The third-order valence-electron chi connectivity index (χ3n) is 4.09. The molecule has 1 fully saturated rings. The molecule has 1 heterocycles. The van der Waals surface area contributed by atoms with E-state index in [0.717, 1.165) is 17.1 Å². The molecule has 2 aromatic rings. The van der Waals surface area contributed by atoms with Gasteiger partial charge in [-0.15, -0.1) is 11.3 Å². The molecule has 0 aliphatic heterocycles. The van der Waals surface area contributed by atoms with Crippen molar-refractivity contribution < 1.29 is 9.53 Å². The van der Waals surface area contributed by atoms with Crippen molar-refractivity contribution in [1.29, 1.82) is 0 Å². The largest absolute Gasteiger partial charge is 0.487 e. The summed E-state index contributed by atoms with van der Waals surface area (Å²) in [6, 6.07) is 7.40. The molecule has 1 saturated carbocycles. The zero-order chi connectivity index (χ0) is 16.1. The zero-order valence-electron chi connectivity index (χ0n) is 13.4. The van der Waals surface area contributed by atoms with E-state index in [1.807, 2.05) is 24.3 Å². The normalized spacial score (nSPS) is 15.3. The minimum atomic E-state index is -0.0728. The van der Waals surface area contributed by atoms with Crippen LogP contribution in [0.4, 0.5) is 5.69 Å². The summed E-state index contributed by atoms with van der Waals surface area (Å²) in [7, 11) is 0. The third kappa shape index (κ3) is 4.55. The number of carbonyl (C=O) groups excluding carboxylic acids is 1. The number of hydrogen-bond donors (Lipinski definition) is 1. The molecular formula is C18H22N2O2S. The topological polar surface area (TPSA) is 51.2 Å². The van der Waals surface area contributed by atoms with Gasteiger partial charge < -0.3 is 10.1 Å². The predicted octanol–water partition coefficient (Wildman–Crippen LogP) is 4.73. The lowest BCUT2D eigenvalue weighted by molar-refractivity contribution is -0.114. The van der Waals surface area contributed by atoms with E-state index in [1.54, 1.807) is 11.3 Å². The van der Waals surface area contributed by atoms with Crippen molar-refractivity contribution in [1.82, 2.24) is 4.98 Å². The van der Waals surface area contributed by atoms with Gasteiger partial charge in [0.25, 0.3) is 0 Å². The van der Waals surface area contributed by atoms with Gasteiger partial charge in [0.05, 0.1) is 10.7 Å². The summed E-state index contributed by atoms with van der Waals surface area (Å²) in [5.41, 5.74) is 1.78. The van der Waals surface area contributed by atoms with Crippen LogP contribution in [-0.4, -0.2) is 10.9 Å². The smallest absolute Gasteiger partial charge is 0.221 e. The Morgan fingerprint density at radius 3 is 2.70 bits per heavy atom. The van der Waals surface area contributed by atoms with Crippen molar-refractivity contribution >= 4 is 22.9 Å². The van der Waals surface area contributed by atoms with E-state index in [9.17, 15) is 4.79 Å². The highest BCUT2D eigenvalue weighted by atomic mass is 32.1. The maximum absolute atomic E-state index is 11.0. The first-order chi connectivity index (χ1) is 11.2. The van der Waals surface area contributed by atoms with Crippen LogP contribution in [0.3, 0.4) is 0 Å². The second-order valence-corrected chi connectivity index (χ2v) is 6.90. The lowest BCUT2D eigenvalue weighted by Gasteiger charge is -2.18. The summed E-state index contributed by atoms with van der Waals surface area (Å²) in [5.74, 6) is 1.36. The van der Waals surface area contributed by atoms with Crippen LogP contribution < -0.4 is 10.1 Å². The van der Waals surface area contributed by atoms with E-state index in [-0.39, 0.29) is 5.91 Å². The van der Waals surface area contributed by atoms with Crippen LogP contribution >= 0.6 is 11.3 Å². The molecule has 1 amide bonds. The highest BCUT2D eigenvalue weighted by Crippen LogP contribution is 2.34. The molecule has 1 aromatic heterocycles. The van der Waals surface area contributed by atoms with Gasteiger partial charge in [0.1, 0.15) is 12.4 Å². The van der Waals surface area contributed by atoms with Crippen molar-refractivity contribution in [3.05, 3.63) is 40.3 Å². The van der Waals surface area contributed by atoms with E-state index in [4.69, 9.17) is 9.72 Å². The summed E-state index contributed by atoms with van der Waals surface area (Å²) >= 11 is 1.76. The standard InChI is InChI=1S/C18H22N2O2S/c1-13(21)19-15-7-9-17(10-8-15)22-11-16-12-23-18(20-16)14-5-3-2-4-6-14/h7-10,12,14H,2-6,11H2,1H3,(H,19,21). The number of nitrogens with zero attached hydrogens (tertiary/aromatic N) is 1. The van der Waals surface area contributed by atoms with Gasteiger partial charge in [0.15, 0.2) is 0 Å². The van der Waals surface area contributed by atoms with Crippen LogP contribution in [0.2, 0.25) is 0 Å². The Morgan fingerprint density at radius 2 is 2.00 bits per heavy atom. The monoisotopic (exact) mass is 330 g/mol. The van der Waals surface area contributed by atoms with E-state index in [1.165, 1.54) is 44.0 Å². The molecule has 0 bridgehead atoms. The van der Waals surface area contributed by atoms with Crippen molar-refractivity contribution in [2.24, 2.45) is 0 Å². The molecule has 1 aromatic carbocycles. The molecule has 0 saturated heterocycles. The molecule has 0 unspecified atom stereocenters. The minimum absolute atomic E-state index is 0.0728. The summed E-state index contributed by atoms with van der Waals surface area (Å²) < 4.78 is 5.78. The number of thiazole rings is 1. The van der Waals surface area contributed by atoms with Crippen LogP contribution in [0.1, 0.15) is 55.6 Å². The Hall–Kier alpha value is -1.88. The number of rotatable bonds is 5. The highest BCUT2D eigenvalue weighted by Gasteiger charge is 2.18. The Balaban J connectivity index is 1.53. The van der Waals surface area contributed by atoms with Gasteiger partial charge in [0, 0.05) is 23.9 Å². The summed E-state index contributed by atoms with van der Waals surface area (Å²) in [6.45, 7) is 1.99. The fourth-order valence-corrected chi connectivity index (χ4v) is 3.90. The molecule has 0 spiro atoms. The van der Waals surface area contributed by atoms with Crippen LogP contribution in [-0.2, 0) is 11.4 Å². The second-order valence-electron chi connectivity index (χ2n) is 6.01. The van der Waals surface area contributed by atoms with Gasteiger partial charge in [0.2, 0.25) is 5.91 Å². The van der Waals surface area contributed by atoms with Gasteiger partial charge in [-0.05, 0) is 37.1 Å². The van der Waals surface area contributed by atoms with Crippen molar-refractivity contribution in [3.8, 4) is 5.75 Å². The quantitative estimate of drug-likeness (QED) is 0.862. The molecule has 1 N–H and O–H groups in total. The lowest BCUT2D eigenvalue weighted by atomic mass is 9.90. The first-order valence-electron chi connectivity index (χ1n) is 8.15. The van der Waals surface area contributed by atoms with Gasteiger partial charge >= 0.3 is 0 Å². The third-order valence-corrected chi connectivity index (χ3v) is 5.14. The Morgan fingerprint density at radius 1 is 1.26 bits per heavy atom. The Bertz CT molecular complexity index is 645. The predicted molar refractivity (Wildman–Crippen MR) is 93.0 cm³/mol. The molecule has 3 rings (SSSR count). The van der Waals surface area contributed by atoms with Crippen LogP contribution in [0.5, 0.6) is 5.75 Å². The van der Waals surface area contributed by atoms with E-state index in [2.05, 4.69) is 10.7 Å². The number of aromatic nitrogens is 1. The summed E-state index contributed by atoms with van der Waals surface area (Å²) in [6.07, 6.45) is 6.58. The second kappa shape index (κ2) is 7.59. The molecule has 4 nitrogen and oxygen atoms in total. The number of carbonyl (C=O) groups is 1. The molecule has 1 aliphatic rings. The fraction of sp³-hybridized carbons (Fsp3) is 0.444. The van der Waals surface area contributed by atoms with Crippen LogP contribution in [0.25, 0.3) is 0 Å². The fourth-order valence-electron chi connectivity index (χ4n) is 2.92. The molecule has 0 radical (unpaired) electrons. The van der Waals surface area contributed by atoms with E-state index in [0.29, 0.717) is 12.5 Å². The Kier molecular flexibility index (Phi) is 5.28. The molecule has 1 aliphatic carbocycles. The first kappa shape index (κ1) is 16.0. The summed E-state index contributed by atoms with van der Waals surface area (Å²) in [4.78, 5) is 15.7. The number of hydrogen-bond acceptors (Lipinski definition) is 4. The number of benzene rings is 1. The maximum atomic E-state index is 11.0. The van der Waals surface area contributed by atoms with E-state index >= 15 is 0 Å². The number of ether oxygens (including phenoxy) is 1. The van der Waals surface area contributed by atoms with E-state index < -0.39 is 0 Å². The SMILES string of the molecule is CC(=O)Nc1ccc(OCc2csc(C3CCCCC3)n2)cc1. The first-order valence-corrected chi connectivity index (χ1v) is 9.03.